The van der Waals surface area contributed by atoms with E-state index in [1.807, 2.05) is 109 Å². The molecule has 374 valence electrons. The highest BCUT2D eigenvalue weighted by atomic mass is 32.1. The van der Waals surface area contributed by atoms with Crippen molar-refractivity contribution < 1.29 is 0 Å². The predicted octanol–water partition coefficient (Wildman–Crippen LogP) is 17.7. The second-order valence-corrected chi connectivity index (χ2v) is 21.9. The number of para-hydroxylation sites is 2. The fraction of sp³-hybridized carbons (Fsp3) is 0. The summed E-state index contributed by atoms with van der Waals surface area (Å²) in [6.45, 7) is 0. The summed E-state index contributed by atoms with van der Waals surface area (Å²) in [4.78, 5) is 36.3. The van der Waals surface area contributed by atoms with Crippen molar-refractivity contribution in [2.75, 3.05) is 0 Å². The summed E-state index contributed by atoms with van der Waals surface area (Å²) in [6.07, 6.45) is 12.8. The summed E-state index contributed by atoms with van der Waals surface area (Å²) in [6, 6.07) is 72.9. The minimum Gasteiger partial charge on any atom is -0.294 e. The zero-order chi connectivity index (χ0) is 52.7. The van der Waals surface area contributed by atoms with Gasteiger partial charge in [0.2, 0.25) is 5.95 Å². The molecule has 0 unspecified atom stereocenters. The van der Waals surface area contributed by atoms with E-state index in [4.69, 9.17) is 19.9 Å². The lowest BCUT2D eigenvalue weighted by Crippen LogP contribution is -2.04. The van der Waals surface area contributed by atoms with E-state index in [2.05, 4.69) is 188 Å². The molecule has 10 heterocycles. The molecule has 11 heteroatoms. The summed E-state index contributed by atoms with van der Waals surface area (Å²) in [5.74, 6) is 1.44. The maximum atomic E-state index is 5.41. The molecule has 0 saturated heterocycles. The van der Waals surface area contributed by atoms with E-state index in [1.54, 1.807) is 0 Å². The highest BCUT2D eigenvalue weighted by Gasteiger charge is 2.22. The van der Waals surface area contributed by atoms with Gasteiger partial charge < -0.3 is 0 Å². The Bertz CT molecular complexity index is 4990. The van der Waals surface area contributed by atoms with Crippen molar-refractivity contribution in [2.24, 2.45) is 0 Å². The van der Waals surface area contributed by atoms with Gasteiger partial charge >= 0.3 is 0 Å². The molecule has 0 N–H and O–H groups in total. The molecule has 0 fully saturated rings. The standard InChI is InChI=1S/C69H41N9S2/c1-2-8-46(9-3-1)62-38-50-19-21-61-66(68(50)79-62)53-11-5-7-13-59(53)78(61)69-75-56(45-26-33-72-34-27-45)41-57(76-69)48-28-35-73-54(36-48)43-14-16-47(17-15-43)63-39-49-18-20-60-65(67(49)80-63)52-10-4-6-12-58(52)77(60)64-40-51(42-22-29-70-30-23-42)37-55(74-64)44-24-31-71-32-25-44/h1-41H. The topological polar surface area (TPSA) is 100 Å². The van der Waals surface area contributed by atoms with Gasteiger partial charge in [-0.3, -0.25) is 29.1 Å². The normalized spacial score (nSPS) is 11.8. The number of hydrogen-bond acceptors (Lipinski definition) is 9. The van der Waals surface area contributed by atoms with Gasteiger partial charge in [-0.25, -0.2) is 15.0 Å². The molecule has 0 saturated carbocycles. The summed E-state index contributed by atoms with van der Waals surface area (Å²) < 4.78 is 7.01. The summed E-state index contributed by atoms with van der Waals surface area (Å²) in [5.41, 5.74) is 16.0. The fourth-order valence-corrected chi connectivity index (χ4v) is 13.8. The highest BCUT2D eigenvalue weighted by molar-refractivity contribution is 7.23. The van der Waals surface area contributed by atoms with Crippen molar-refractivity contribution in [3.63, 3.8) is 0 Å². The van der Waals surface area contributed by atoms with Gasteiger partial charge in [-0.2, -0.15) is 0 Å². The Hall–Kier alpha value is -10.3. The molecule has 16 aromatic rings. The van der Waals surface area contributed by atoms with Crippen LogP contribution in [-0.2, 0) is 0 Å². The molecule has 0 aliphatic heterocycles. The Morgan fingerprint density at radius 2 is 0.775 bits per heavy atom. The number of thiophene rings is 2. The predicted molar refractivity (Wildman–Crippen MR) is 329 cm³/mol. The van der Waals surface area contributed by atoms with E-state index in [9.17, 15) is 0 Å². The van der Waals surface area contributed by atoms with Crippen LogP contribution in [0.4, 0.5) is 0 Å². The smallest absolute Gasteiger partial charge is 0.235 e. The molecular weight excluding hydrogens is 1020 g/mol. The van der Waals surface area contributed by atoms with Crippen molar-refractivity contribution in [1.29, 1.82) is 0 Å². The van der Waals surface area contributed by atoms with Crippen molar-refractivity contribution in [3.8, 4) is 88.8 Å². The van der Waals surface area contributed by atoms with Crippen molar-refractivity contribution >= 4 is 86.5 Å². The molecule has 0 amide bonds. The van der Waals surface area contributed by atoms with E-state index >= 15 is 0 Å². The minimum atomic E-state index is 0.592. The number of nitrogens with zero attached hydrogens (tertiary/aromatic N) is 9. The largest absolute Gasteiger partial charge is 0.294 e. The van der Waals surface area contributed by atoms with Crippen LogP contribution in [0, 0.1) is 0 Å². The third-order valence-corrected chi connectivity index (χ3v) is 17.6. The maximum absolute atomic E-state index is 5.41. The van der Waals surface area contributed by atoms with Crippen LogP contribution >= 0.6 is 22.7 Å². The van der Waals surface area contributed by atoms with Crippen LogP contribution < -0.4 is 0 Å². The van der Waals surface area contributed by atoms with Crippen LogP contribution in [0.5, 0.6) is 0 Å². The number of rotatable bonds is 9. The first-order chi connectivity index (χ1) is 39.6. The van der Waals surface area contributed by atoms with Gasteiger partial charge in [0.25, 0.3) is 0 Å². The molecule has 0 aliphatic rings. The number of aromatic nitrogens is 9. The maximum Gasteiger partial charge on any atom is 0.235 e. The van der Waals surface area contributed by atoms with Crippen molar-refractivity contribution in [3.05, 3.63) is 250 Å². The van der Waals surface area contributed by atoms with Crippen LogP contribution in [-0.4, -0.2) is 44.0 Å². The quantitative estimate of drug-likeness (QED) is 0.142. The molecule has 80 heavy (non-hydrogen) atoms. The van der Waals surface area contributed by atoms with E-state index < -0.39 is 0 Å². The number of fused-ring (bicyclic) bond motifs is 10. The average molecular weight is 1060 g/mol. The Labute approximate surface area is 466 Å². The summed E-state index contributed by atoms with van der Waals surface area (Å²) in [5, 5.41) is 7.17. The van der Waals surface area contributed by atoms with Crippen LogP contribution in [0.1, 0.15) is 0 Å². The van der Waals surface area contributed by atoms with Gasteiger partial charge in [-0.15, -0.1) is 22.7 Å². The molecule has 0 radical (unpaired) electrons. The van der Waals surface area contributed by atoms with Gasteiger partial charge in [0.1, 0.15) is 5.82 Å². The fourth-order valence-electron chi connectivity index (χ4n) is 11.4. The first kappa shape index (κ1) is 45.8. The van der Waals surface area contributed by atoms with Gasteiger partial charge in [-0.1, -0.05) is 103 Å². The van der Waals surface area contributed by atoms with Crippen LogP contribution in [0.25, 0.3) is 153 Å². The monoisotopic (exact) mass is 1060 g/mol. The zero-order valence-corrected chi connectivity index (χ0v) is 44.1. The molecule has 16 rings (SSSR count). The van der Waals surface area contributed by atoms with E-state index in [0.717, 1.165) is 95.0 Å². The van der Waals surface area contributed by atoms with Crippen LogP contribution in [0.15, 0.2) is 250 Å². The van der Waals surface area contributed by atoms with E-state index in [-0.39, 0.29) is 0 Å². The van der Waals surface area contributed by atoms with Gasteiger partial charge in [0.15, 0.2) is 0 Å². The number of benzene rings is 6. The Morgan fingerprint density at radius 1 is 0.300 bits per heavy atom. The molecule has 0 bridgehead atoms. The second kappa shape index (κ2) is 18.7. The first-order valence-corrected chi connectivity index (χ1v) is 27.9. The van der Waals surface area contributed by atoms with Gasteiger partial charge in [0, 0.05) is 106 Å². The first-order valence-electron chi connectivity index (χ1n) is 26.3. The molecule has 10 aromatic heterocycles. The SMILES string of the molecule is c1ccc(-c2cc3ccc4c(c5ccccc5n4-c4nc(-c5ccncc5)cc(-c5ccnc(-c6ccc(-c7cc8ccc9c(c%10ccccc%10n9-c9cc(-c%10ccncc%10)cc(-c%10ccncc%10)n9)c8s7)cc6)c5)n4)c3s2)cc1. The number of pyridine rings is 5. The van der Waals surface area contributed by atoms with E-state index in [0.29, 0.717) is 5.95 Å². The Balaban J connectivity index is 0.773. The molecular formula is C69H41N9S2. The second-order valence-electron chi connectivity index (χ2n) is 19.8. The Morgan fingerprint density at radius 3 is 1.40 bits per heavy atom. The third-order valence-electron chi connectivity index (χ3n) is 15.1. The molecule has 9 nitrogen and oxygen atoms in total. The molecule has 0 aliphatic carbocycles. The lowest BCUT2D eigenvalue weighted by Gasteiger charge is -2.12. The molecule has 0 spiro atoms. The highest BCUT2D eigenvalue weighted by Crippen LogP contribution is 2.45. The summed E-state index contributed by atoms with van der Waals surface area (Å²) >= 11 is 3.65. The van der Waals surface area contributed by atoms with Crippen molar-refractivity contribution in [1.82, 2.24) is 44.0 Å². The third kappa shape index (κ3) is 7.70. The van der Waals surface area contributed by atoms with Gasteiger partial charge in [0.05, 0.1) is 44.8 Å². The van der Waals surface area contributed by atoms with Gasteiger partial charge in [-0.05, 0) is 136 Å². The zero-order valence-electron chi connectivity index (χ0n) is 42.5. The van der Waals surface area contributed by atoms with E-state index in [1.165, 1.54) is 51.6 Å². The lowest BCUT2D eigenvalue weighted by molar-refractivity contribution is 0.995. The minimum absolute atomic E-state index is 0.592. The Kier molecular flexibility index (Phi) is 10.7. The lowest BCUT2D eigenvalue weighted by atomic mass is 10.0. The molecule has 0 atom stereocenters. The average Bonchev–Trinajstić information content (AvgIpc) is 4.38. The van der Waals surface area contributed by atoms with Crippen LogP contribution in [0.2, 0.25) is 0 Å². The number of hydrogen-bond donors (Lipinski definition) is 0. The van der Waals surface area contributed by atoms with Crippen molar-refractivity contribution in [2.45, 2.75) is 0 Å². The van der Waals surface area contributed by atoms with Crippen LogP contribution in [0.3, 0.4) is 0 Å². The molecule has 6 aromatic carbocycles. The summed E-state index contributed by atoms with van der Waals surface area (Å²) in [7, 11) is 0.